The number of benzene rings is 1. The Morgan fingerprint density at radius 2 is 2.10 bits per heavy atom. The summed E-state index contributed by atoms with van der Waals surface area (Å²) in [5.74, 6) is 0.490. The van der Waals surface area contributed by atoms with Crippen LogP contribution in [0, 0.1) is 0 Å². The third kappa shape index (κ3) is 4.90. The molecule has 1 aliphatic rings. The fraction of sp³-hybridized carbons (Fsp3) is 0.562. The molecule has 1 aromatic carbocycles. The molecule has 1 aromatic rings. The maximum atomic E-state index is 12.0. The highest BCUT2D eigenvalue weighted by Crippen LogP contribution is 2.28. The molecule has 0 aromatic heterocycles. The molecule has 1 aliphatic carbocycles. The van der Waals surface area contributed by atoms with Gasteiger partial charge in [0.05, 0.1) is 5.02 Å². The van der Waals surface area contributed by atoms with Crippen LogP contribution in [0.4, 0.5) is 0 Å². The Labute approximate surface area is 131 Å². The fourth-order valence-corrected chi connectivity index (χ4v) is 2.97. The average molecular weight is 311 g/mol. The van der Waals surface area contributed by atoms with Gasteiger partial charge in [-0.1, -0.05) is 43.0 Å². The SMILES string of the molecule is NCCc1cccc(Cl)c1OCC(=O)NC1CCCCC1. The predicted molar refractivity (Wildman–Crippen MR) is 84.7 cm³/mol. The highest BCUT2D eigenvalue weighted by Gasteiger charge is 2.16. The van der Waals surface area contributed by atoms with Crippen molar-refractivity contribution in [3.05, 3.63) is 28.8 Å². The summed E-state index contributed by atoms with van der Waals surface area (Å²) >= 11 is 6.14. The van der Waals surface area contributed by atoms with Crippen LogP contribution in [0.25, 0.3) is 0 Å². The van der Waals surface area contributed by atoms with E-state index in [0.717, 1.165) is 18.4 Å². The second-order valence-corrected chi connectivity index (χ2v) is 5.87. The molecule has 5 heteroatoms. The lowest BCUT2D eigenvalue weighted by atomic mass is 9.95. The number of carbonyl (C=O) groups excluding carboxylic acids is 1. The number of carbonyl (C=O) groups is 1. The van der Waals surface area contributed by atoms with Crippen molar-refractivity contribution in [1.82, 2.24) is 5.32 Å². The maximum Gasteiger partial charge on any atom is 0.258 e. The first-order valence-electron chi connectivity index (χ1n) is 7.60. The summed E-state index contributed by atoms with van der Waals surface area (Å²) in [5.41, 5.74) is 6.52. The normalized spacial score (nSPS) is 15.7. The molecule has 4 nitrogen and oxygen atoms in total. The molecule has 1 saturated carbocycles. The smallest absolute Gasteiger partial charge is 0.258 e. The summed E-state index contributed by atoms with van der Waals surface area (Å²) in [6.07, 6.45) is 6.46. The van der Waals surface area contributed by atoms with Crippen molar-refractivity contribution in [1.29, 1.82) is 0 Å². The molecule has 1 fully saturated rings. The summed E-state index contributed by atoms with van der Waals surface area (Å²) in [4.78, 5) is 12.0. The number of nitrogens with one attached hydrogen (secondary N) is 1. The van der Waals surface area contributed by atoms with Gasteiger partial charge in [0.25, 0.3) is 5.91 Å². The van der Waals surface area contributed by atoms with Crippen LogP contribution >= 0.6 is 11.6 Å². The second-order valence-electron chi connectivity index (χ2n) is 5.46. The molecule has 116 valence electrons. The number of rotatable bonds is 6. The lowest BCUT2D eigenvalue weighted by Crippen LogP contribution is -2.39. The van der Waals surface area contributed by atoms with E-state index in [2.05, 4.69) is 5.32 Å². The summed E-state index contributed by atoms with van der Waals surface area (Å²) in [6, 6.07) is 5.84. The van der Waals surface area contributed by atoms with E-state index >= 15 is 0 Å². The molecule has 0 bridgehead atoms. The standard InChI is InChI=1S/C16H23ClN2O2/c17-14-8-4-5-12(9-10-18)16(14)21-11-15(20)19-13-6-2-1-3-7-13/h4-5,8,13H,1-3,6-7,9-11,18H2,(H,19,20). The topological polar surface area (TPSA) is 64.3 Å². The van der Waals surface area contributed by atoms with Gasteiger partial charge in [-0.3, -0.25) is 4.79 Å². The summed E-state index contributed by atoms with van der Waals surface area (Å²) in [5, 5.41) is 3.55. The zero-order valence-corrected chi connectivity index (χ0v) is 13.0. The average Bonchev–Trinajstić information content (AvgIpc) is 2.48. The third-order valence-electron chi connectivity index (χ3n) is 3.78. The first-order valence-corrected chi connectivity index (χ1v) is 7.98. The van der Waals surface area contributed by atoms with Crippen LogP contribution < -0.4 is 15.8 Å². The van der Waals surface area contributed by atoms with Gasteiger partial charge in [0.15, 0.2) is 6.61 Å². The van der Waals surface area contributed by atoms with Crippen molar-refractivity contribution >= 4 is 17.5 Å². The molecule has 1 amide bonds. The second kappa shape index (κ2) is 8.25. The minimum absolute atomic E-state index is 0.00218. The van der Waals surface area contributed by atoms with Gasteiger partial charge in [0, 0.05) is 6.04 Å². The Kier molecular flexibility index (Phi) is 6.33. The zero-order chi connectivity index (χ0) is 15.1. The van der Waals surface area contributed by atoms with E-state index in [1.807, 2.05) is 12.1 Å². The van der Waals surface area contributed by atoms with Crippen molar-refractivity contribution < 1.29 is 9.53 Å². The number of nitrogens with two attached hydrogens (primary N) is 1. The van der Waals surface area contributed by atoms with E-state index in [9.17, 15) is 4.79 Å². The summed E-state index contributed by atoms with van der Waals surface area (Å²) in [6.45, 7) is 0.517. The number of hydrogen-bond acceptors (Lipinski definition) is 3. The van der Waals surface area contributed by atoms with Crippen LogP contribution in [0.5, 0.6) is 5.75 Å². The van der Waals surface area contributed by atoms with Crippen LogP contribution in [0.15, 0.2) is 18.2 Å². The molecular formula is C16H23ClN2O2. The van der Waals surface area contributed by atoms with Gasteiger partial charge < -0.3 is 15.8 Å². The Morgan fingerprint density at radius 3 is 2.81 bits per heavy atom. The van der Waals surface area contributed by atoms with Crippen molar-refractivity contribution in [3.63, 3.8) is 0 Å². The molecule has 0 atom stereocenters. The molecule has 21 heavy (non-hydrogen) atoms. The highest BCUT2D eigenvalue weighted by atomic mass is 35.5. The Hall–Kier alpha value is -1.26. The molecule has 0 heterocycles. The molecule has 0 aliphatic heterocycles. The van der Waals surface area contributed by atoms with Crippen LogP contribution in [0.1, 0.15) is 37.7 Å². The zero-order valence-electron chi connectivity index (χ0n) is 12.2. The van der Waals surface area contributed by atoms with Gasteiger partial charge in [0.1, 0.15) is 5.75 Å². The Balaban J connectivity index is 1.88. The van der Waals surface area contributed by atoms with Gasteiger partial charge in [-0.2, -0.15) is 0 Å². The Morgan fingerprint density at radius 1 is 1.33 bits per heavy atom. The van der Waals surface area contributed by atoms with E-state index in [4.69, 9.17) is 22.1 Å². The van der Waals surface area contributed by atoms with Crippen LogP contribution in [0.3, 0.4) is 0 Å². The van der Waals surface area contributed by atoms with Crippen LogP contribution in [-0.4, -0.2) is 25.1 Å². The van der Waals surface area contributed by atoms with Gasteiger partial charge in [-0.05, 0) is 37.4 Å². The molecule has 0 saturated heterocycles. The Bertz CT molecular complexity index is 473. The fourth-order valence-electron chi connectivity index (χ4n) is 2.72. The molecule has 0 spiro atoms. The minimum Gasteiger partial charge on any atom is -0.482 e. The minimum atomic E-state index is -0.0829. The number of halogens is 1. The van der Waals surface area contributed by atoms with E-state index in [1.54, 1.807) is 6.07 Å². The van der Waals surface area contributed by atoms with Gasteiger partial charge in [0.2, 0.25) is 0 Å². The van der Waals surface area contributed by atoms with Crippen LogP contribution in [-0.2, 0) is 11.2 Å². The number of amides is 1. The quantitative estimate of drug-likeness (QED) is 0.849. The van der Waals surface area contributed by atoms with Crippen molar-refractivity contribution in [3.8, 4) is 5.75 Å². The molecule has 0 radical (unpaired) electrons. The van der Waals surface area contributed by atoms with Crippen LogP contribution in [0.2, 0.25) is 5.02 Å². The maximum absolute atomic E-state index is 12.0. The van der Waals surface area contributed by atoms with Crippen molar-refractivity contribution in [2.45, 2.75) is 44.6 Å². The molecule has 2 rings (SSSR count). The van der Waals surface area contributed by atoms with E-state index < -0.39 is 0 Å². The highest BCUT2D eigenvalue weighted by molar-refractivity contribution is 6.32. The monoisotopic (exact) mass is 310 g/mol. The first kappa shape index (κ1) is 16.1. The molecule has 3 N–H and O–H groups in total. The lowest BCUT2D eigenvalue weighted by molar-refractivity contribution is -0.124. The number of para-hydroxylation sites is 1. The predicted octanol–water partition coefficient (Wildman–Crippen LogP) is 2.67. The number of hydrogen-bond donors (Lipinski definition) is 2. The van der Waals surface area contributed by atoms with Gasteiger partial charge in [-0.15, -0.1) is 0 Å². The van der Waals surface area contributed by atoms with Gasteiger partial charge in [-0.25, -0.2) is 0 Å². The lowest BCUT2D eigenvalue weighted by Gasteiger charge is -2.23. The van der Waals surface area contributed by atoms with Crippen molar-refractivity contribution in [2.24, 2.45) is 5.73 Å². The first-order chi connectivity index (χ1) is 10.2. The third-order valence-corrected chi connectivity index (χ3v) is 4.08. The van der Waals surface area contributed by atoms with E-state index in [0.29, 0.717) is 29.8 Å². The van der Waals surface area contributed by atoms with E-state index in [1.165, 1.54) is 19.3 Å². The summed E-state index contributed by atoms with van der Waals surface area (Å²) < 4.78 is 5.62. The molecular weight excluding hydrogens is 288 g/mol. The van der Waals surface area contributed by atoms with Gasteiger partial charge >= 0.3 is 0 Å². The van der Waals surface area contributed by atoms with Crippen molar-refractivity contribution in [2.75, 3.05) is 13.2 Å². The largest absolute Gasteiger partial charge is 0.482 e. The molecule has 0 unspecified atom stereocenters. The summed E-state index contributed by atoms with van der Waals surface area (Å²) in [7, 11) is 0. The number of ether oxygens (including phenoxy) is 1. The van der Waals surface area contributed by atoms with E-state index in [-0.39, 0.29) is 12.5 Å².